The lowest BCUT2D eigenvalue weighted by Gasteiger charge is -2.03. The molecule has 1 heterocycles. The Morgan fingerprint density at radius 1 is 1.38 bits per heavy atom. The summed E-state index contributed by atoms with van der Waals surface area (Å²) < 4.78 is 2.15. The average Bonchev–Trinajstić information content (AvgIpc) is 2.57. The minimum Gasteiger partial charge on any atom is -0.269 e. The summed E-state index contributed by atoms with van der Waals surface area (Å²) in [6.45, 7) is 5.39. The molecule has 0 unspecified atom stereocenters. The molecule has 0 amide bonds. The van der Waals surface area contributed by atoms with Gasteiger partial charge in [-0.2, -0.15) is 16.9 Å². The number of nitrogens with zero attached hydrogens (tertiary/aromatic N) is 2. The molecule has 1 aromatic rings. The van der Waals surface area contributed by atoms with E-state index in [1.54, 1.807) is 0 Å². The summed E-state index contributed by atoms with van der Waals surface area (Å²) in [6, 6.07) is 2.22. The van der Waals surface area contributed by atoms with Crippen molar-refractivity contribution >= 4 is 11.8 Å². The van der Waals surface area contributed by atoms with Crippen molar-refractivity contribution in [2.24, 2.45) is 0 Å². The summed E-state index contributed by atoms with van der Waals surface area (Å²) in [5.41, 5.74) is 2.59. The molecule has 3 heteroatoms. The number of thioether (sulfide) groups is 1. The van der Waals surface area contributed by atoms with Crippen molar-refractivity contribution in [3.8, 4) is 0 Å². The molecule has 1 aromatic heterocycles. The zero-order chi connectivity index (χ0) is 9.68. The van der Waals surface area contributed by atoms with Crippen LogP contribution in [-0.2, 0) is 19.4 Å². The van der Waals surface area contributed by atoms with Crippen molar-refractivity contribution in [2.45, 2.75) is 33.2 Å². The van der Waals surface area contributed by atoms with Gasteiger partial charge in [0.2, 0.25) is 0 Å². The van der Waals surface area contributed by atoms with E-state index in [-0.39, 0.29) is 0 Å². The first-order valence-electron chi connectivity index (χ1n) is 4.86. The Morgan fingerprint density at radius 2 is 2.15 bits per heavy atom. The highest BCUT2D eigenvalue weighted by molar-refractivity contribution is 7.98. The number of hydrogen-bond acceptors (Lipinski definition) is 2. The Kier molecular flexibility index (Phi) is 4.36. The molecule has 0 spiro atoms. The zero-order valence-electron chi connectivity index (χ0n) is 8.71. The Bertz CT molecular complexity index is 255. The van der Waals surface area contributed by atoms with Gasteiger partial charge in [0.1, 0.15) is 0 Å². The highest BCUT2D eigenvalue weighted by Gasteiger charge is 2.03. The normalized spacial score (nSPS) is 10.7. The van der Waals surface area contributed by atoms with E-state index in [2.05, 4.69) is 36.0 Å². The van der Waals surface area contributed by atoms with Gasteiger partial charge in [-0.3, -0.25) is 4.68 Å². The van der Waals surface area contributed by atoms with E-state index in [1.165, 1.54) is 11.4 Å². The van der Waals surface area contributed by atoms with Gasteiger partial charge in [-0.1, -0.05) is 13.8 Å². The molecule has 0 aliphatic carbocycles. The van der Waals surface area contributed by atoms with Crippen LogP contribution in [0.1, 0.15) is 25.2 Å². The van der Waals surface area contributed by atoms with E-state index in [4.69, 9.17) is 0 Å². The molecule has 0 N–H and O–H groups in total. The van der Waals surface area contributed by atoms with Gasteiger partial charge >= 0.3 is 0 Å². The van der Waals surface area contributed by atoms with E-state index < -0.39 is 0 Å². The summed E-state index contributed by atoms with van der Waals surface area (Å²) in [5, 5.41) is 4.54. The third-order valence-corrected chi connectivity index (χ3v) is 2.74. The quantitative estimate of drug-likeness (QED) is 0.723. The first-order valence-corrected chi connectivity index (χ1v) is 6.25. The molecule has 0 aliphatic heterocycles. The maximum absolute atomic E-state index is 4.54. The number of aromatic nitrogens is 2. The fourth-order valence-electron chi connectivity index (χ4n) is 1.34. The van der Waals surface area contributed by atoms with Crippen molar-refractivity contribution in [3.63, 3.8) is 0 Å². The van der Waals surface area contributed by atoms with Crippen LogP contribution in [0.3, 0.4) is 0 Å². The van der Waals surface area contributed by atoms with Crippen molar-refractivity contribution in [1.82, 2.24) is 9.78 Å². The largest absolute Gasteiger partial charge is 0.269 e. The highest BCUT2D eigenvalue weighted by Crippen LogP contribution is 2.07. The lowest BCUT2D eigenvalue weighted by molar-refractivity contribution is 0.623. The van der Waals surface area contributed by atoms with Crippen LogP contribution in [0, 0.1) is 0 Å². The van der Waals surface area contributed by atoms with Crippen LogP contribution in [0.4, 0.5) is 0 Å². The number of hydrogen-bond donors (Lipinski definition) is 0. The van der Waals surface area contributed by atoms with Crippen LogP contribution in [0.25, 0.3) is 0 Å². The van der Waals surface area contributed by atoms with Crippen LogP contribution in [0.5, 0.6) is 0 Å². The molecule has 13 heavy (non-hydrogen) atoms. The highest BCUT2D eigenvalue weighted by atomic mass is 32.2. The Balaban J connectivity index is 2.71. The van der Waals surface area contributed by atoms with E-state index in [0.717, 1.165) is 25.1 Å². The topological polar surface area (TPSA) is 17.8 Å². The second kappa shape index (κ2) is 5.32. The van der Waals surface area contributed by atoms with Crippen LogP contribution in [0.2, 0.25) is 0 Å². The van der Waals surface area contributed by atoms with Gasteiger partial charge in [0.25, 0.3) is 0 Å². The average molecular weight is 198 g/mol. The second-order valence-electron chi connectivity index (χ2n) is 3.05. The van der Waals surface area contributed by atoms with E-state index in [9.17, 15) is 0 Å². The van der Waals surface area contributed by atoms with Crippen LogP contribution < -0.4 is 0 Å². The SMILES string of the molecule is CCc1cc(CC)n(CCSC)n1. The predicted molar refractivity (Wildman–Crippen MR) is 59.4 cm³/mol. The molecule has 1 rings (SSSR count). The molecule has 0 bridgehead atoms. The minimum atomic E-state index is 1.04. The summed E-state index contributed by atoms with van der Waals surface area (Å²) in [5.74, 6) is 1.15. The van der Waals surface area contributed by atoms with Crippen LogP contribution in [0.15, 0.2) is 6.07 Å². The molecule has 0 aliphatic rings. The molecule has 0 atom stereocenters. The third-order valence-electron chi connectivity index (χ3n) is 2.15. The molecule has 74 valence electrons. The standard InChI is InChI=1S/C10H18N2S/c1-4-9-8-10(5-2)12(11-9)6-7-13-3/h8H,4-7H2,1-3H3. The third kappa shape index (κ3) is 2.76. The molecule has 0 saturated heterocycles. The molecule has 0 saturated carbocycles. The summed E-state index contributed by atoms with van der Waals surface area (Å²) >= 11 is 1.87. The summed E-state index contributed by atoms with van der Waals surface area (Å²) in [6.07, 6.45) is 4.26. The molecule has 0 fully saturated rings. The van der Waals surface area contributed by atoms with Gasteiger partial charge in [-0.05, 0) is 25.2 Å². The maximum atomic E-state index is 4.54. The molecule has 0 aromatic carbocycles. The van der Waals surface area contributed by atoms with E-state index in [0.29, 0.717) is 0 Å². The lowest BCUT2D eigenvalue weighted by atomic mass is 10.3. The van der Waals surface area contributed by atoms with Gasteiger partial charge in [-0.15, -0.1) is 0 Å². The summed E-state index contributed by atoms with van der Waals surface area (Å²) in [4.78, 5) is 0. The van der Waals surface area contributed by atoms with Crippen molar-refractivity contribution in [3.05, 3.63) is 17.5 Å². The van der Waals surface area contributed by atoms with E-state index in [1.807, 2.05) is 11.8 Å². The first kappa shape index (κ1) is 10.6. The van der Waals surface area contributed by atoms with Gasteiger partial charge in [0, 0.05) is 11.4 Å². The van der Waals surface area contributed by atoms with E-state index >= 15 is 0 Å². The van der Waals surface area contributed by atoms with Crippen LogP contribution in [-0.4, -0.2) is 21.8 Å². The van der Waals surface area contributed by atoms with Crippen molar-refractivity contribution in [1.29, 1.82) is 0 Å². The van der Waals surface area contributed by atoms with Gasteiger partial charge < -0.3 is 0 Å². The lowest BCUT2D eigenvalue weighted by Crippen LogP contribution is -2.06. The molecule has 0 radical (unpaired) electrons. The van der Waals surface area contributed by atoms with Crippen molar-refractivity contribution in [2.75, 3.05) is 12.0 Å². The monoisotopic (exact) mass is 198 g/mol. The van der Waals surface area contributed by atoms with Crippen molar-refractivity contribution < 1.29 is 0 Å². The Morgan fingerprint density at radius 3 is 2.69 bits per heavy atom. The second-order valence-corrected chi connectivity index (χ2v) is 4.04. The smallest absolute Gasteiger partial charge is 0.0624 e. The van der Waals surface area contributed by atoms with Crippen LogP contribution >= 0.6 is 11.8 Å². The summed E-state index contributed by atoms with van der Waals surface area (Å²) in [7, 11) is 0. The molecular formula is C10H18N2S. The molecular weight excluding hydrogens is 180 g/mol. The fourth-order valence-corrected chi connectivity index (χ4v) is 1.70. The fraction of sp³-hybridized carbons (Fsp3) is 0.700. The zero-order valence-corrected chi connectivity index (χ0v) is 9.52. The van der Waals surface area contributed by atoms with Gasteiger partial charge in [0.15, 0.2) is 0 Å². The number of aryl methyl sites for hydroxylation is 3. The molecule has 2 nitrogen and oxygen atoms in total. The Labute approximate surface area is 84.7 Å². The van der Waals surface area contributed by atoms with Gasteiger partial charge in [0.05, 0.1) is 12.2 Å². The maximum Gasteiger partial charge on any atom is 0.0624 e. The number of rotatable bonds is 5. The minimum absolute atomic E-state index is 1.04. The first-order chi connectivity index (χ1) is 6.31. The predicted octanol–water partition coefficient (Wildman–Crippen LogP) is 2.37. The van der Waals surface area contributed by atoms with Gasteiger partial charge in [-0.25, -0.2) is 0 Å². The Hall–Kier alpha value is -0.440.